The van der Waals surface area contributed by atoms with Gasteiger partial charge in [-0.3, -0.25) is 0 Å². The molecule has 0 bridgehead atoms. The molecule has 2 unspecified atom stereocenters. The van der Waals surface area contributed by atoms with Gasteiger partial charge in [0.25, 0.3) is 0 Å². The van der Waals surface area contributed by atoms with Crippen molar-refractivity contribution in [2.75, 3.05) is 19.8 Å². The number of hydrogen-bond acceptors (Lipinski definition) is 4. The Morgan fingerprint density at radius 2 is 1.37 bits per heavy atom. The van der Waals surface area contributed by atoms with Crippen molar-refractivity contribution in [1.29, 1.82) is 0 Å². The van der Waals surface area contributed by atoms with E-state index in [2.05, 4.69) is 40.7 Å². The number of unbranched alkanes of at least 4 members (excludes halogenated alkanes) is 1. The Labute approximate surface area is 187 Å². The Morgan fingerprint density at radius 1 is 0.800 bits per heavy atom. The molecule has 0 saturated heterocycles. The Hall–Kier alpha value is -0.420. The van der Waals surface area contributed by atoms with E-state index < -0.39 is 12.2 Å². The fraction of sp³-hybridized carbons (Fsp3) is 0.923. The number of hydrogen-bond donors (Lipinski definition) is 3. The van der Waals surface area contributed by atoms with Crippen molar-refractivity contribution in [1.82, 2.24) is 0 Å². The molecule has 0 aromatic heterocycles. The zero-order valence-electron chi connectivity index (χ0n) is 20.6. The normalized spacial score (nSPS) is 16.6. The highest BCUT2D eigenvalue weighted by Crippen LogP contribution is 2.22. The highest BCUT2D eigenvalue weighted by atomic mass is 16.5. The Kier molecular flexibility index (Phi) is 19.0. The van der Waals surface area contributed by atoms with Gasteiger partial charge in [-0.2, -0.15) is 0 Å². The van der Waals surface area contributed by atoms with Gasteiger partial charge in [0.15, 0.2) is 0 Å². The molecular formula is C26H52O4. The monoisotopic (exact) mass is 428 g/mol. The van der Waals surface area contributed by atoms with E-state index in [1.165, 1.54) is 63.4 Å². The second kappa shape index (κ2) is 19.3. The average molecular weight is 429 g/mol. The summed E-state index contributed by atoms with van der Waals surface area (Å²) in [5.74, 6) is 2.54. The molecule has 4 atom stereocenters. The topological polar surface area (TPSA) is 69.9 Å². The van der Waals surface area contributed by atoms with Gasteiger partial charge in [-0.05, 0) is 50.4 Å². The van der Waals surface area contributed by atoms with Gasteiger partial charge < -0.3 is 20.1 Å². The van der Waals surface area contributed by atoms with Gasteiger partial charge in [0.2, 0.25) is 0 Å². The number of aliphatic hydroxyl groups excluding tert-OH is 3. The summed E-state index contributed by atoms with van der Waals surface area (Å²) in [5, 5.41) is 27.5. The van der Waals surface area contributed by atoms with Crippen LogP contribution in [-0.4, -0.2) is 47.3 Å². The van der Waals surface area contributed by atoms with Crippen molar-refractivity contribution in [2.24, 2.45) is 17.8 Å². The van der Waals surface area contributed by atoms with Crippen molar-refractivity contribution >= 4 is 0 Å². The summed E-state index contributed by atoms with van der Waals surface area (Å²) < 4.78 is 5.44. The lowest BCUT2D eigenvalue weighted by Gasteiger charge is -2.19. The third-order valence-corrected chi connectivity index (χ3v) is 6.11. The molecule has 0 aromatic carbocycles. The fourth-order valence-corrected chi connectivity index (χ4v) is 3.88. The largest absolute Gasteiger partial charge is 0.394 e. The molecule has 4 nitrogen and oxygen atoms in total. The van der Waals surface area contributed by atoms with E-state index in [0.717, 1.165) is 30.6 Å². The van der Waals surface area contributed by atoms with Crippen LogP contribution in [0.4, 0.5) is 0 Å². The van der Waals surface area contributed by atoms with Crippen molar-refractivity contribution < 1.29 is 20.1 Å². The van der Waals surface area contributed by atoms with Crippen LogP contribution in [0.2, 0.25) is 0 Å². The molecule has 0 rings (SSSR count). The van der Waals surface area contributed by atoms with Crippen LogP contribution in [0.5, 0.6) is 0 Å². The number of rotatable bonds is 20. The first-order valence-corrected chi connectivity index (χ1v) is 12.5. The first kappa shape index (κ1) is 29.6. The van der Waals surface area contributed by atoms with Crippen LogP contribution in [0, 0.1) is 17.8 Å². The lowest BCUT2D eigenvalue weighted by Crippen LogP contribution is -2.35. The summed E-state index contributed by atoms with van der Waals surface area (Å²) in [5.41, 5.74) is 1.44. The van der Waals surface area contributed by atoms with Crippen molar-refractivity contribution in [2.45, 2.75) is 117 Å². The van der Waals surface area contributed by atoms with E-state index in [0.29, 0.717) is 6.61 Å². The van der Waals surface area contributed by atoms with E-state index in [4.69, 9.17) is 14.9 Å². The van der Waals surface area contributed by atoms with E-state index in [1.54, 1.807) is 0 Å². The van der Waals surface area contributed by atoms with Gasteiger partial charge in [0, 0.05) is 6.61 Å². The zero-order chi connectivity index (χ0) is 22.8. The summed E-state index contributed by atoms with van der Waals surface area (Å²) in [6.45, 7) is 11.5. The smallest absolute Gasteiger partial charge is 0.109 e. The first-order chi connectivity index (χ1) is 14.3. The standard InChI is InChI=1S/C26H52O4/c1-21(2)11-8-13-23(4)15-10-17-24(5)16-9-14-22(3)12-6-7-18-30-26(20-28)25(29)19-27/h12,21,23-29H,6-11,13-20H2,1-5H3/t23?,24?,25-,26+/m1/s1. The molecule has 0 aliphatic carbocycles. The van der Waals surface area contributed by atoms with Crippen LogP contribution in [0.25, 0.3) is 0 Å². The van der Waals surface area contributed by atoms with Crippen LogP contribution < -0.4 is 0 Å². The molecule has 0 saturated carbocycles. The summed E-state index contributed by atoms with van der Waals surface area (Å²) in [6, 6.07) is 0. The summed E-state index contributed by atoms with van der Waals surface area (Å²) in [6.07, 6.45) is 14.4. The molecule has 30 heavy (non-hydrogen) atoms. The van der Waals surface area contributed by atoms with Gasteiger partial charge in [0.1, 0.15) is 12.2 Å². The summed E-state index contributed by atoms with van der Waals surface area (Å²) in [4.78, 5) is 0. The molecule has 0 radical (unpaired) electrons. The van der Waals surface area contributed by atoms with E-state index in [9.17, 15) is 5.11 Å². The van der Waals surface area contributed by atoms with Crippen LogP contribution in [-0.2, 0) is 4.74 Å². The maximum Gasteiger partial charge on any atom is 0.109 e. The Balaban J connectivity index is 3.73. The third kappa shape index (κ3) is 17.3. The predicted molar refractivity (Wildman–Crippen MR) is 128 cm³/mol. The quantitative estimate of drug-likeness (QED) is 0.167. The molecule has 4 heteroatoms. The van der Waals surface area contributed by atoms with Gasteiger partial charge in [-0.15, -0.1) is 0 Å². The second-order valence-electron chi connectivity index (χ2n) is 9.89. The number of allylic oxidation sites excluding steroid dienone is 2. The third-order valence-electron chi connectivity index (χ3n) is 6.11. The molecule has 0 heterocycles. The molecule has 0 fully saturated rings. The summed E-state index contributed by atoms with van der Waals surface area (Å²) >= 11 is 0. The minimum Gasteiger partial charge on any atom is -0.394 e. The summed E-state index contributed by atoms with van der Waals surface area (Å²) in [7, 11) is 0. The van der Waals surface area contributed by atoms with Crippen LogP contribution in [0.3, 0.4) is 0 Å². The molecule has 0 aliphatic heterocycles. The minimum absolute atomic E-state index is 0.272. The van der Waals surface area contributed by atoms with Crippen molar-refractivity contribution in [3.05, 3.63) is 11.6 Å². The predicted octanol–water partition coefficient (Wildman–Crippen LogP) is 5.88. The molecule has 3 N–H and O–H groups in total. The van der Waals surface area contributed by atoms with Gasteiger partial charge in [-0.1, -0.05) is 84.3 Å². The number of aliphatic hydroxyl groups is 3. The van der Waals surface area contributed by atoms with E-state index in [1.807, 2.05) is 0 Å². The molecule has 0 aliphatic rings. The SMILES string of the molecule is CC(=CCCCO[C@@H](CO)[C@H](O)CO)CCCC(C)CCCC(C)CCCC(C)C. The highest BCUT2D eigenvalue weighted by molar-refractivity contribution is 4.97. The van der Waals surface area contributed by atoms with Crippen molar-refractivity contribution in [3.8, 4) is 0 Å². The van der Waals surface area contributed by atoms with Gasteiger partial charge >= 0.3 is 0 Å². The van der Waals surface area contributed by atoms with E-state index >= 15 is 0 Å². The first-order valence-electron chi connectivity index (χ1n) is 12.5. The zero-order valence-corrected chi connectivity index (χ0v) is 20.6. The fourth-order valence-electron chi connectivity index (χ4n) is 3.88. The minimum atomic E-state index is -1.01. The van der Waals surface area contributed by atoms with Crippen molar-refractivity contribution in [3.63, 3.8) is 0 Å². The molecule has 0 amide bonds. The lowest BCUT2D eigenvalue weighted by atomic mass is 9.91. The van der Waals surface area contributed by atoms with Crippen LogP contribution >= 0.6 is 0 Å². The maximum absolute atomic E-state index is 9.49. The highest BCUT2D eigenvalue weighted by Gasteiger charge is 2.17. The Bertz CT molecular complexity index is 408. The Morgan fingerprint density at radius 3 is 1.90 bits per heavy atom. The van der Waals surface area contributed by atoms with Crippen LogP contribution in [0.1, 0.15) is 105 Å². The second-order valence-corrected chi connectivity index (χ2v) is 9.89. The maximum atomic E-state index is 9.49. The molecule has 180 valence electrons. The van der Waals surface area contributed by atoms with Gasteiger partial charge in [0.05, 0.1) is 13.2 Å². The lowest BCUT2D eigenvalue weighted by molar-refractivity contribution is -0.0797. The number of ether oxygens (including phenoxy) is 1. The molecule has 0 spiro atoms. The molecular weight excluding hydrogens is 376 g/mol. The molecule has 0 aromatic rings. The van der Waals surface area contributed by atoms with Gasteiger partial charge in [-0.25, -0.2) is 0 Å². The van der Waals surface area contributed by atoms with Crippen LogP contribution in [0.15, 0.2) is 11.6 Å². The average Bonchev–Trinajstić information content (AvgIpc) is 2.69. The van der Waals surface area contributed by atoms with E-state index in [-0.39, 0.29) is 13.2 Å².